The van der Waals surface area contributed by atoms with Crippen LogP contribution in [0.1, 0.15) is 51.4 Å². The van der Waals surface area contributed by atoms with Crippen LogP contribution >= 0.6 is 0 Å². The summed E-state index contributed by atoms with van der Waals surface area (Å²) < 4.78 is 35.8. The van der Waals surface area contributed by atoms with Crippen LogP contribution in [-0.2, 0) is 4.79 Å². The highest BCUT2D eigenvalue weighted by Crippen LogP contribution is 2.22. The Hall–Kier alpha value is -1.86. The maximum absolute atomic E-state index is 11.9. The Bertz CT molecular complexity index is 508. The first-order valence-electron chi connectivity index (χ1n) is 9.02. The van der Waals surface area contributed by atoms with Crippen molar-refractivity contribution in [3.63, 3.8) is 0 Å². The predicted molar refractivity (Wildman–Crippen MR) is 99.2 cm³/mol. The van der Waals surface area contributed by atoms with Crippen molar-refractivity contribution < 1.29 is 33.3 Å². The number of carbonyl (C=O) groups is 1. The molecule has 7 heteroatoms. The number of halogens is 3. The number of carboxylic acids is 1. The minimum absolute atomic E-state index is 0.0311. The molecule has 0 unspecified atom stereocenters. The van der Waals surface area contributed by atoms with Gasteiger partial charge in [0.15, 0.2) is 0 Å². The fourth-order valence-electron chi connectivity index (χ4n) is 2.09. The lowest BCUT2D eigenvalue weighted by Crippen LogP contribution is -2.05. The van der Waals surface area contributed by atoms with Gasteiger partial charge >= 0.3 is 12.1 Å². The summed E-state index contributed by atoms with van der Waals surface area (Å²) in [7, 11) is 0. The van der Waals surface area contributed by atoms with Crippen LogP contribution in [0.5, 0.6) is 0 Å². The van der Waals surface area contributed by atoms with E-state index in [2.05, 4.69) is 0 Å². The third-order valence-corrected chi connectivity index (χ3v) is 3.52. The van der Waals surface area contributed by atoms with E-state index >= 15 is 0 Å². The van der Waals surface area contributed by atoms with Gasteiger partial charge in [-0.1, -0.05) is 48.6 Å². The monoisotopic (exact) mass is 390 g/mol. The molecule has 0 radical (unpaired) electrons. The highest BCUT2D eigenvalue weighted by atomic mass is 19.4. The lowest BCUT2D eigenvalue weighted by Gasteiger charge is -2.04. The summed E-state index contributed by atoms with van der Waals surface area (Å²) in [6.45, 7) is 0. The average molecular weight is 390 g/mol. The first-order chi connectivity index (χ1) is 12.7. The van der Waals surface area contributed by atoms with Gasteiger partial charge in [-0.25, -0.2) is 0 Å². The van der Waals surface area contributed by atoms with Crippen molar-refractivity contribution in [2.24, 2.45) is 0 Å². The molecule has 0 saturated carbocycles. The zero-order valence-corrected chi connectivity index (χ0v) is 15.3. The van der Waals surface area contributed by atoms with Crippen LogP contribution in [0.15, 0.2) is 48.6 Å². The summed E-state index contributed by atoms with van der Waals surface area (Å²) >= 11 is 0. The number of rotatable bonds is 14. The number of aliphatic hydroxyl groups excluding tert-OH is 2. The maximum Gasteiger partial charge on any atom is 0.389 e. The van der Waals surface area contributed by atoms with Crippen LogP contribution in [0.2, 0.25) is 0 Å². The van der Waals surface area contributed by atoms with Gasteiger partial charge in [0, 0.05) is 12.8 Å². The quantitative estimate of drug-likeness (QED) is 0.228. The summed E-state index contributed by atoms with van der Waals surface area (Å²) in [5.41, 5.74) is 0. The molecular weight excluding hydrogens is 361 g/mol. The van der Waals surface area contributed by atoms with E-state index in [0.29, 0.717) is 32.1 Å². The van der Waals surface area contributed by atoms with E-state index in [1.54, 1.807) is 48.6 Å². The van der Waals surface area contributed by atoms with E-state index in [-0.39, 0.29) is 12.8 Å². The van der Waals surface area contributed by atoms with Crippen LogP contribution < -0.4 is 0 Å². The number of aliphatic hydroxyl groups is 2. The third-order valence-electron chi connectivity index (χ3n) is 3.52. The van der Waals surface area contributed by atoms with Crippen LogP contribution in [0.25, 0.3) is 0 Å². The summed E-state index contributed by atoms with van der Waals surface area (Å²) in [6, 6.07) is 0. The molecule has 0 amide bonds. The van der Waals surface area contributed by atoms with Crippen LogP contribution in [-0.4, -0.2) is 39.7 Å². The second-order valence-corrected chi connectivity index (χ2v) is 6.14. The van der Waals surface area contributed by atoms with Gasteiger partial charge in [0.1, 0.15) is 0 Å². The molecule has 0 aromatic rings. The van der Waals surface area contributed by atoms with Crippen molar-refractivity contribution in [1.29, 1.82) is 0 Å². The highest BCUT2D eigenvalue weighted by molar-refractivity contribution is 5.66. The molecule has 0 rings (SSSR count). The Morgan fingerprint density at radius 3 is 2.11 bits per heavy atom. The molecule has 0 spiro atoms. The standard InChI is InChI=1S/C20H29F3O4/c21-20(22,23)16-9-5-1-2-6-11-17(24)12-7-3-4-8-13-18(25)14-10-15-19(26)27/h2-4,6-8,12-13,17-18,24-25H,1,5,9-11,14-16H2,(H,26,27)/b4-3+,6-2+,12-7+,13-8+/t17-,18-/m1/s1. The Morgan fingerprint density at radius 2 is 1.52 bits per heavy atom. The van der Waals surface area contributed by atoms with E-state index in [9.17, 15) is 28.2 Å². The van der Waals surface area contributed by atoms with Gasteiger partial charge in [0.05, 0.1) is 12.2 Å². The number of aliphatic carboxylic acids is 1. The van der Waals surface area contributed by atoms with Crippen molar-refractivity contribution in [3.8, 4) is 0 Å². The van der Waals surface area contributed by atoms with Crippen LogP contribution in [0, 0.1) is 0 Å². The summed E-state index contributed by atoms with van der Waals surface area (Å²) in [6.07, 6.45) is 9.48. The minimum Gasteiger partial charge on any atom is -0.481 e. The molecule has 0 aliphatic rings. The topological polar surface area (TPSA) is 77.8 Å². The Balaban J connectivity index is 3.82. The van der Waals surface area contributed by atoms with E-state index in [1.165, 1.54) is 0 Å². The van der Waals surface area contributed by atoms with Gasteiger partial charge in [-0.2, -0.15) is 13.2 Å². The molecule has 0 aliphatic carbocycles. The third kappa shape index (κ3) is 20.3. The number of allylic oxidation sites excluding steroid dienone is 5. The summed E-state index contributed by atoms with van der Waals surface area (Å²) in [5.74, 6) is -0.883. The molecule has 0 saturated heterocycles. The maximum atomic E-state index is 11.9. The second-order valence-electron chi connectivity index (χ2n) is 6.14. The van der Waals surface area contributed by atoms with Gasteiger partial charge in [-0.3, -0.25) is 4.79 Å². The smallest absolute Gasteiger partial charge is 0.389 e. The van der Waals surface area contributed by atoms with Crippen molar-refractivity contribution in [2.45, 2.75) is 69.8 Å². The molecule has 0 aliphatic heterocycles. The molecule has 27 heavy (non-hydrogen) atoms. The average Bonchev–Trinajstić information content (AvgIpc) is 2.55. The minimum atomic E-state index is -4.09. The zero-order chi connectivity index (χ0) is 20.5. The molecule has 3 N–H and O–H groups in total. The van der Waals surface area contributed by atoms with E-state index in [0.717, 1.165) is 0 Å². The predicted octanol–water partition coefficient (Wildman–Crippen LogP) is 4.70. The molecule has 2 atom stereocenters. The molecule has 0 fully saturated rings. The van der Waals surface area contributed by atoms with Gasteiger partial charge in [-0.15, -0.1) is 0 Å². The van der Waals surface area contributed by atoms with E-state index in [4.69, 9.17) is 5.11 Å². The Labute approximate surface area is 158 Å². The lowest BCUT2D eigenvalue weighted by atomic mass is 10.1. The molecular formula is C20H29F3O4. The van der Waals surface area contributed by atoms with Crippen LogP contribution in [0.3, 0.4) is 0 Å². The van der Waals surface area contributed by atoms with Crippen molar-refractivity contribution in [2.75, 3.05) is 0 Å². The van der Waals surface area contributed by atoms with Gasteiger partial charge in [0.25, 0.3) is 0 Å². The second kappa shape index (κ2) is 15.2. The summed E-state index contributed by atoms with van der Waals surface area (Å²) in [4.78, 5) is 10.3. The number of alkyl halides is 3. The van der Waals surface area contributed by atoms with Gasteiger partial charge in [0.2, 0.25) is 0 Å². The van der Waals surface area contributed by atoms with E-state index < -0.39 is 30.8 Å². The fraction of sp³-hybridized carbons (Fsp3) is 0.550. The largest absolute Gasteiger partial charge is 0.481 e. The van der Waals surface area contributed by atoms with Crippen molar-refractivity contribution in [3.05, 3.63) is 48.6 Å². The zero-order valence-electron chi connectivity index (χ0n) is 15.3. The molecule has 4 nitrogen and oxygen atoms in total. The molecule has 0 aromatic heterocycles. The Kier molecular flexibility index (Phi) is 14.2. The van der Waals surface area contributed by atoms with Crippen molar-refractivity contribution in [1.82, 2.24) is 0 Å². The molecule has 0 heterocycles. The fourth-order valence-corrected chi connectivity index (χ4v) is 2.09. The number of carboxylic acid groups (broad SMARTS) is 1. The summed E-state index contributed by atoms with van der Waals surface area (Å²) in [5, 5.41) is 27.8. The van der Waals surface area contributed by atoms with Gasteiger partial charge < -0.3 is 15.3 Å². The Morgan fingerprint density at radius 1 is 0.889 bits per heavy atom. The number of hydrogen-bond acceptors (Lipinski definition) is 3. The molecule has 154 valence electrons. The number of unbranched alkanes of at least 4 members (excludes halogenated alkanes) is 2. The SMILES string of the molecule is O=C(O)CCC[C@H](O)/C=C/C=C/C=C/[C@H](O)C/C=C/CCCCC(F)(F)F. The first kappa shape index (κ1) is 25.1. The van der Waals surface area contributed by atoms with E-state index in [1.807, 2.05) is 0 Å². The normalized spacial score (nSPS) is 15.4. The first-order valence-corrected chi connectivity index (χ1v) is 9.02. The highest BCUT2D eigenvalue weighted by Gasteiger charge is 2.25. The van der Waals surface area contributed by atoms with Crippen molar-refractivity contribution >= 4 is 5.97 Å². The molecule has 0 bridgehead atoms. The van der Waals surface area contributed by atoms with Crippen LogP contribution in [0.4, 0.5) is 13.2 Å². The molecule has 0 aromatic carbocycles. The lowest BCUT2D eigenvalue weighted by molar-refractivity contribution is -0.137. The number of hydrogen-bond donors (Lipinski definition) is 3. The van der Waals surface area contributed by atoms with Gasteiger partial charge in [-0.05, 0) is 38.5 Å².